The fourth-order valence-corrected chi connectivity index (χ4v) is 0.643. The quantitative estimate of drug-likeness (QED) is 0.373. The molecule has 0 atom stereocenters. The van der Waals surface area contributed by atoms with Crippen LogP contribution in [0.4, 0.5) is 0 Å². The Bertz CT molecular complexity index is 225. The number of rotatable bonds is 9. The summed E-state index contributed by atoms with van der Waals surface area (Å²) in [7, 11) is 0. The lowest BCUT2D eigenvalue weighted by molar-refractivity contribution is -0.777. The van der Waals surface area contributed by atoms with Gasteiger partial charge in [0, 0.05) is 5.92 Å². The summed E-state index contributed by atoms with van der Waals surface area (Å²) in [5.41, 5.74) is 0. The highest BCUT2D eigenvalue weighted by atomic mass is 17.0. The van der Waals surface area contributed by atoms with Crippen molar-refractivity contribution in [2.45, 2.75) is 0 Å². The van der Waals surface area contributed by atoms with Gasteiger partial charge in [-0.1, -0.05) is 0 Å². The standard InChI is InChI=1S/C4H7N3O9/c8-5(9)14-1-4(2-15-6(10)11)3-16-7(12)13/h4H,1-3H2. The van der Waals surface area contributed by atoms with Crippen LogP contribution in [0.15, 0.2) is 0 Å². The van der Waals surface area contributed by atoms with Crippen LogP contribution in [0, 0.1) is 36.3 Å². The molecule has 16 heavy (non-hydrogen) atoms. The molecule has 0 aliphatic heterocycles. The van der Waals surface area contributed by atoms with Crippen molar-refractivity contribution in [3.63, 3.8) is 0 Å². The van der Waals surface area contributed by atoms with E-state index in [4.69, 9.17) is 0 Å². The molecule has 0 saturated carbocycles. The first-order valence-electron chi connectivity index (χ1n) is 3.73. The van der Waals surface area contributed by atoms with Gasteiger partial charge < -0.3 is 14.5 Å². The molecular weight excluding hydrogens is 234 g/mol. The van der Waals surface area contributed by atoms with Crippen molar-refractivity contribution in [2.75, 3.05) is 19.8 Å². The molecule has 12 heteroatoms. The molecule has 0 rings (SSSR count). The second-order valence-electron chi connectivity index (χ2n) is 2.42. The van der Waals surface area contributed by atoms with E-state index < -0.39 is 41.0 Å². The fourth-order valence-electron chi connectivity index (χ4n) is 0.643. The summed E-state index contributed by atoms with van der Waals surface area (Å²) < 4.78 is 0. The van der Waals surface area contributed by atoms with Crippen molar-refractivity contribution in [1.82, 2.24) is 0 Å². The van der Waals surface area contributed by atoms with Crippen LogP contribution >= 0.6 is 0 Å². The summed E-state index contributed by atoms with van der Waals surface area (Å²) in [5, 5.41) is 26.0. The van der Waals surface area contributed by atoms with Crippen LogP contribution in [0.2, 0.25) is 0 Å². The van der Waals surface area contributed by atoms with Crippen molar-refractivity contribution in [1.29, 1.82) is 0 Å². The highest BCUT2D eigenvalue weighted by Crippen LogP contribution is 2.01. The summed E-state index contributed by atoms with van der Waals surface area (Å²) in [6, 6.07) is 0. The van der Waals surface area contributed by atoms with Gasteiger partial charge in [0.2, 0.25) is 0 Å². The van der Waals surface area contributed by atoms with E-state index in [1.807, 2.05) is 0 Å². The summed E-state index contributed by atoms with van der Waals surface area (Å²) >= 11 is 0. The molecule has 12 nitrogen and oxygen atoms in total. The Morgan fingerprint density at radius 1 is 0.750 bits per heavy atom. The largest absolute Gasteiger partial charge is 0.313 e. The minimum atomic E-state index is -1.13. The third-order valence-electron chi connectivity index (χ3n) is 1.25. The second kappa shape index (κ2) is 6.97. The minimum absolute atomic E-state index is 0.602. The van der Waals surface area contributed by atoms with Crippen LogP contribution in [-0.2, 0) is 14.5 Å². The molecule has 0 aliphatic rings. The molecule has 0 radical (unpaired) electrons. The Kier molecular flexibility index (Phi) is 5.92. The van der Waals surface area contributed by atoms with Gasteiger partial charge in [0.05, 0.1) is 0 Å². The van der Waals surface area contributed by atoms with Gasteiger partial charge >= 0.3 is 0 Å². The van der Waals surface area contributed by atoms with Crippen LogP contribution in [0.3, 0.4) is 0 Å². The smallest absolute Gasteiger partial charge is 0.294 e. The average Bonchev–Trinajstić information content (AvgIpc) is 2.15. The van der Waals surface area contributed by atoms with Crippen LogP contribution in [0.5, 0.6) is 0 Å². The van der Waals surface area contributed by atoms with E-state index in [0.29, 0.717) is 0 Å². The number of hydrogen-bond donors (Lipinski definition) is 0. The fraction of sp³-hybridized carbons (Fsp3) is 1.00. The predicted octanol–water partition coefficient (Wildman–Crippen LogP) is -0.772. The van der Waals surface area contributed by atoms with Crippen LogP contribution < -0.4 is 0 Å². The van der Waals surface area contributed by atoms with Gasteiger partial charge in [-0.3, -0.25) is 0 Å². The third-order valence-corrected chi connectivity index (χ3v) is 1.25. The van der Waals surface area contributed by atoms with E-state index in [2.05, 4.69) is 14.5 Å². The molecule has 92 valence electrons. The molecule has 0 unspecified atom stereocenters. The van der Waals surface area contributed by atoms with Crippen LogP contribution in [0.25, 0.3) is 0 Å². The Balaban J connectivity index is 3.98. The SMILES string of the molecule is O=[N+]([O-])OCC(CO[N+](=O)[O-])CO[N+](=O)[O-]. The Hall–Kier alpha value is -2.40. The predicted molar refractivity (Wildman–Crippen MR) is 42.3 cm³/mol. The molecule has 0 spiro atoms. The van der Waals surface area contributed by atoms with Gasteiger partial charge in [0.25, 0.3) is 15.3 Å². The first-order valence-corrected chi connectivity index (χ1v) is 3.73. The van der Waals surface area contributed by atoms with E-state index in [-0.39, 0.29) is 0 Å². The summed E-state index contributed by atoms with van der Waals surface area (Å²) in [6.45, 7) is -1.81. The zero-order chi connectivity index (χ0) is 12.6. The lowest BCUT2D eigenvalue weighted by atomic mass is 10.2. The van der Waals surface area contributed by atoms with E-state index in [1.54, 1.807) is 0 Å². The highest BCUT2D eigenvalue weighted by Gasteiger charge is 2.15. The average molecular weight is 241 g/mol. The maximum Gasteiger partial charge on any atom is 0.294 e. The molecule has 0 bridgehead atoms. The van der Waals surface area contributed by atoms with Gasteiger partial charge in [-0.25, -0.2) is 0 Å². The van der Waals surface area contributed by atoms with Gasteiger partial charge in [-0.15, -0.1) is 30.3 Å². The first-order chi connectivity index (χ1) is 7.41. The summed E-state index contributed by atoms with van der Waals surface area (Å²) in [6.07, 6.45) is 0. The zero-order valence-corrected chi connectivity index (χ0v) is 7.71. The third kappa shape index (κ3) is 8.21. The number of nitrogens with zero attached hydrogens (tertiary/aromatic N) is 3. The van der Waals surface area contributed by atoms with E-state index in [1.165, 1.54) is 0 Å². The highest BCUT2D eigenvalue weighted by molar-refractivity contribution is 4.52. The topological polar surface area (TPSA) is 157 Å². The lowest BCUT2D eigenvalue weighted by Gasteiger charge is -2.12. The van der Waals surface area contributed by atoms with E-state index in [0.717, 1.165) is 0 Å². The minimum Gasteiger partial charge on any atom is -0.313 e. The monoisotopic (exact) mass is 241 g/mol. The maximum atomic E-state index is 9.81. The Labute approximate surface area is 87.0 Å². The first kappa shape index (κ1) is 13.6. The normalized spacial score (nSPS) is 9.56. The molecule has 0 amide bonds. The molecule has 0 N–H and O–H groups in total. The van der Waals surface area contributed by atoms with Crippen LogP contribution in [0.1, 0.15) is 0 Å². The lowest BCUT2D eigenvalue weighted by Crippen LogP contribution is -2.25. The zero-order valence-electron chi connectivity index (χ0n) is 7.71. The summed E-state index contributed by atoms with van der Waals surface area (Å²) in [4.78, 5) is 41.1. The summed E-state index contributed by atoms with van der Waals surface area (Å²) in [5.74, 6) is -0.999. The molecule has 0 aromatic carbocycles. The van der Waals surface area contributed by atoms with Gasteiger partial charge in [0.15, 0.2) is 0 Å². The van der Waals surface area contributed by atoms with E-state index >= 15 is 0 Å². The van der Waals surface area contributed by atoms with Crippen molar-refractivity contribution in [3.05, 3.63) is 30.3 Å². The van der Waals surface area contributed by atoms with Crippen molar-refractivity contribution >= 4 is 0 Å². The molecule has 0 saturated heterocycles. The van der Waals surface area contributed by atoms with Crippen molar-refractivity contribution < 1.29 is 29.8 Å². The Morgan fingerprint density at radius 3 is 1.19 bits per heavy atom. The van der Waals surface area contributed by atoms with Crippen LogP contribution in [-0.4, -0.2) is 35.1 Å². The van der Waals surface area contributed by atoms with Gasteiger partial charge in [-0.05, 0) is 0 Å². The maximum absolute atomic E-state index is 9.81. The number of hydrogen-bond acceptors (Lipinski definition) is 9. The molecule has 0 fully saturated rings. The van der Waals surface area contributed by atoms with Gasteiger partial charge in [-0.2, -0.15) is 0 Å². The van der Waals surface area contributed by atoms with Crippen molar-refractivity contribution in [2.24, 2.45) is 5.92 Å². The molecule has 0 aromatic rings. The van der Waals surface area contributed by atoms with Gasteiger partial charge in [0.1, 0.15) is 19.8 Å². The Morgan fingerprint density at radius 2 is 1.00 bits per heavy atom. The molecular formula is C4H7N3O9. The molecule has 0 heterocycles. The molecule has 0 aromatic heterocycles. The molecule has 0 aliphatic carbocycles. The van der Waals surface area contributed by atoms with Crippen molar-refractivity contribution in [3.8, 4) is 0 Å². The van der Waals surface area contributed by atoms with E-state index in [9.17, 15) is 30.3 Å². The second-order valence-corrected chi connectivity index (χ2v) is 2.42.